The fraction of sp³-hybridized carbons (Fsp3) is 0.562. The van der Waals surface area contributed by atoms with Gasteiger partial charge < -0.3 is 15.7 Å². The molecule has 0 spiro atoms. The van der Waals surface area contributed by atoms with E-state index in [0.717, 1.165) is 24.8 Å². The summed E-state index contributed by atoms with van der Waals surface area (Å²) in [7, 11) is 0. The third-order valence-electron chi connectivity index (χ3n) is 4.27. The van der Waals surface area contributed by atoms with Gasteiger partial charge in [-0.15, -0.1) is 0 Å². The van der Waals surface area contributed by atoms with Crippen molar-refractivity contribution in [2.45, 2.75) is 45.2 Å². The predicted octanol–water partition coefficient (Wildman–Crippen LogP) is 2.43. The lowest BCUT2D eigenvalue weighted by Crippen LogP contribution is -2.37. The quantitative estimate of drug-likeness (QED) is 0.887. The molecule has 3 atom stereocenters. The van der Waals surface area contributed by atoms with Crippen LogP contribution in [0.3, 0.4) is 0 Å². The molecule has 3 unspecified atom stereocenters. The maximum atomic E-state index is 12.6. The molecule has 1 aromatic carbocycles. The summed E-state index contributed by atoms with van der Waals surface area (Å²) in [6.45, 7) is 4.67. The van der Waals surface area contributed by atoms with Crippen LogP contribution in [0.4, 0.5) is 0 Å². The topological polar surface area (TPSA) is 66.6 Å². The van der Waals surface area contributed by atoms with Crippen LogP contribution in [0.25, 0.3) is 0 Å². The molecule has 0 radical (unpaired) electrons. The summed E-state index contributed by atoms with van der Waals surface area (Å²) in [4.78, 5) is 14.5. The van der Waals surface area contributed by atoms with E-state index >= 15 is 0 Å². The molecule has 1 saturated carbocycles. The lowest BCUT2D eigenvalue weighted by molar-refractivity contribution is -0.137. The van der Waals surface area contributed by atoms with E-state index in [-0.39, 0.29) is 29.7 Å². The van der Waals surface area contributed by atoms with Gasteiger partial charge in [-0.2, -0.15) is 0 Å². The first-order valence-electron chi connectivity index (χ1n) is 7.38. The van der Waals surface area contributed by atoms with E-state index in [9.17, 15) is 9.90 Å². The van der Waals surface area contributed by atoms with Crippen LogP contribution in [0.15, 0.2) is 24.3 Å². The molecule has 4 nitrogen and oxygen atoms in total. The zero-order valence-corrected chi connectivity index (χ0v) is 12.2. The van der Waals surface area contributed by atoms with Crippen molar-refractivity contribution in [2.75, 3.05) is 6.54 Å². The highest BCUT2D eigenvalue weighted by Crippen LogP contribution is 2.30. The van der Waals surface area contributed by atoms with E-state index in [1.54, 1.807) is 12.1 Å². The second-order valence-corrected chi connectivity index (χ2v) is 5.67. The molecule has 1 aliphatic rings. The number of phenols is 1. The summed E-state index contributed by atoms with van der Waals surface area (Å²) >= 11 is 0. The molecule has 110 valence electrons. The number of carbonyl (C=O) groups excluding carboxylic acids is 1. The van der Waals surface area contributed by atoms with Gasteiger partial charge in [0.25, 0.3) is 0 Å². The van der Waals surface area contributed by atoms with Crippen molar-refractivity contribution in [3.63, 3.8) is 0 Å². The number of nitrogens with zero attached hydrogens (tertiary/aromatic N) is 1. The fourth-order valence-corrected chi connectivity index (χ4v) is 3.06. The molecule has 1 amide bonds. The summed E-state index contributed by atoms with van der Waals surface area (Å²) in [5.74, 6) is 0.488. The summed E-state index contributed by atoms with van der Waals surface area (Å²) in [6.07, 6.45) is 2.62. The van der Waals surface area contributed by atoms with Crippen molar-refractivity contribution in [1.82, 2.24) is 4.90 Å². The molecular formula is C16H24N2O2. The molecule has 0 heterocycles. The second kappa shape index (κ2) is 6.27. The van der Waals surface area contributed by atoms with Gasteiger partial charge in [-0.25, -0.2) is 0 Å². The van der Waals surface area contributed by atoms with Crippen molar-refractivity contribution in [2.24, 2.45) is 11.7 Å². The van der Waals surface area contributed by atoms with Crippen LogP contribution in [0.1, 0.15) is 44.7 Å². The Kier molecular flexibility index (Phi) is 4.65. The van der Waals surface area contributed by atoms with Gasteiger partial charge in [0, 0.05) is 18.5 Å². The Labute approximate surface area is 120 Å². The minimum atomic E-state index is -0.0311. The Balaban J connectivity index is 2.13. The Bertz CT molecular complexity index is 475. The van der Waals surface area contributed by atoms with Crippen LogP contribution in [-0.2, 0) is 4.79 Å². The minimum Gasteiger partial charge on any atom is -0.508 e. The summed E-state index contributed by atoms with van der Waals surface area (Å²) < 4.78 is 0. The first-order chi connectivity index (χ1) is 9.52. The van der Waals surface area contributed by atoms with Crippen molar-refractivity contribution in [3.8, 4) is 5.75 Å². The highest BCUT2D eigenvalue weighted by Gasteiger charge is 2.32. The number of carbonyl (C=O) groups is 1. The molecule has 1 aromatic rings. The number of phenolic OH excluding ortho intramolecular Hbond substituents is 1. The largest absolute Gasteiger partial charge is 0.508 e. The van der Waals surface area contributed by atoms with Gasteiger partial charge in [-0.05, 0) is 50.8 Å². The van der Waals surface area contributed by atoms with Crippen molar-refractivity contribution < 1.29 is 9.90 Å². The van der Waals surface area contributed by atoms with Crippen molar-refractivity contribution in [3.05, 3.63) is 29.8 Å². The first kappa shape index (κ1) is 14.9. The van der Waals surface area contributed by atoms with Gasteiger partial charge in [0.05, 0.1) is 6.04 Å². The summed E-state index contributed by atoms with van der Waals surface area (Å²) in [6, 6.07) is 7.26. The number of amides is 1. The molecule has 0 aliphatic heterocycles. The number of rotatable bonds is 4. The van der Waals surface area contributed by atoms with E-state index in [1.165, 1.54) is 0 Å². The third kappa shape index (κ3) is 3.12. The standard InChI is InChI=1S/C16H24N2O2/c1-3-18(16(20)13-7-8-14(17)9-13)11(2)12-5-4-6-15(19)10-12/h4-6,10-11,13-14,19H,3,7-9,17H2,1-2H3. The lowest BCUT2D eigenvalue weighted by atomic mass is 10.0. The van der Waals surface area contributed by atoms with E-state index < -0.39 is 0 Å². The van der Waals surface area contributed by atoms with Crippen molar-refractivity contribution >= 4 is 5.91 Å². The molecule has 3 N–H and O–H groups in total. The molecule has 0 aromatic heterocycles. The van der Waals surface area contributed by atoms with Gasteiger partial charge in [-0.3, -0.25) is 4.79 Å². The van der Waals surface area contributed by atoms with Crippen LogP contribution >= 0.6 is 0 Å². The van der Waals surface area contributed by atoms with Gasteiger partial charge in [0.1, 0.15) is 5.75 Å². The Morgan fingerprint density at radius 2 is 2.25 bits per heavy atom. The molecule has 1 fully saturated rings. The van der Waals surface area contributed by atoms with Crippen LogP contribution in [0, 0.1) is 5.92 Å². The monoisotopic (exact) mass is 276 g/mol. The minimum absolute atomic E-state index is 0.0311. The van der Waals surface area contributed by atoms with E-state index in [2.05, 4.69) is 0 Å². The average Bonchev–Trinajstić information content (AvgIpc) is 2.86. The molecule has 4 heteroatoms. The average molecular weight is 276 g/mol. The van der Waals surface area contributed by atoms with Gasteiger partial charge in [0.2, 0.25) is 5.91 Å². The third-order valence-corrected chi connectivity index (χ3v) is 4.27. The van der Waals surface area contributed by atoms with Gasteiger partial charge in [0.15, 0.2) is 0 Å². The zero-order valence-electron chi connectivity index (χ0n) is 12.2. The smallest absolute Gasteiger partial charge is 0.226 e. The SMILES string of the molecule is CCN(C(=O)C1CCC(N)C1)C(C)c1cccc(O)c1. The molecule has 1 aliphatic carbocycles. The maximum absolute atomic E-state index is 12.6. The molecule has 0 saturated heterocycles. The van der Waals surface area contributed by atoms with Crippen LogP contribution < -0.4 is 5.73 Å². The van der Waals surface area contributed by atoms with Crippen molar-refractivity contribution in [1.29, 1.82) is 0 Å². The van der Waals surface area contributed by atoms with Crippen LogP contribution in [0.5, 0.6) is 5.75 Å². The number of nitrogens with two attached hydrogens (primary N) is 1. The highest BCUT2D eigenvalue weighted by atomic mass is 16.3. The summed E-state index contributed by atoms with van der Waals surface area (Å²) in [5, 5.41) is 9.58. The summed E-state index contributed by atoms with van der Waals surface area (Å²) in [5.41, 5.74) is 6.87. The van der Waals surface area contributed by atoms with Gasteiger partial charge >= 0.3 is 0 Å². The molecule has 0 bridgehead atoms. The Hall–Kier alpha value is -1.55. The fourth-order valence-electron chi connectivity index (χ4n) is 3.06. The second-order valence-electron chi connectivity index (χ2n) is 5.67. The Morgan fingerprint density at radius 1 is 1.50 bits per heavy atom. The maximum Gasteiger partial charge on any atom is 0.226 e. The number of benzene rings is 1. The number of aromatic hydroxyl groups is 1. The number of hydrogen-bond donors (Lipinski definition) is 2. The van der Waals surface area contributed by atoms with Gasteiger partial charge in [-0.1, -0.05) is 12.1 Å². The van der Waals surface area contributed by atoms with E-state index in [0.29, 0.717) is 6.54 Å². The predicted molar refractivity (Wildman–Crippen MR) is 79.2 cm³/mol. The lowest BCUT2D eigenvalue weighted by Gasteiger charge is -2.31. The van der Waals surface area contributed by atoms with E-state index in [4.69, 9.17) is 5.73 Å². The molecule has 2 rings (SSSR count). The molecule has 20 heavy (non-hydrogen) atoms. The Morgan fingerprint density at radius 3 is 2.80 bits per heavy atom. The van der Waals surface area contributed by atoms with Crippen LogP contribution in [0.2, 0.25) is 0 Å². The normalized spacial score (nSPS) is 23.6. The highest BCUT2D eigenvalue weighted by molar-refractivity contribution is 5.79. The number of hydrogen-bond acceptors (Lipinski definition) is 3. The zero-order chi connectivity index (χ0) is 14.7. The molecular weight excluding hydrogens is 252 g/mol. The van der Waals surface area contributed by atoms with E-state index in [1.807, 2.05) is 30.9 Å². The first-order valence-corrected chi connectivity index (χ1v) is 7.38. The van der Waals surface area contributed by atoms with Crippen LogP contribution in [-0.4, -0.2) is 28.5 Å².